The van der Waals surface area contributed by atoms with Gasteiger partial charge in [0, 0.05) is 28.9 Å². The van der Waals surface area contributed by atoms with Crippen LogP contribution in [0.1, 0.15) is 32.2 Å². The van der Waals surface area contributed by atoms with E-state index in [1.807, 2.05) is 24.4 Å². The first kappa shape index (κ1) is 13.2. The van der Waals surface area contributed by atoms with Crippen molar-refractivity contribution in [1.82, 2.24) is 10.3 Å². The lowest BCUT2D eigenvalue weighted by molar-refractivity contribution is 0.0958. The lowest BCUT2D eigenvalue weighted by Gasteiger charge is -2.01. The number of thiophene rings is 1. The molecule has 0 aromatic carbocycles. The van der Waals surface area contributed by atoms with Gasteiger partial charge in [0.25, 0.3) is 5.91 Å². The number of thiazole rings is 1. The molecule has 0 atom stereocenters. The predicted octanol–water partition coefficient (Wildman–Crippen LogP) is 3.05. The SMILES string of the molecule is CCc1ccc(C(=O)NCCc2nc(C)cs2)s1. The Bertz CT molecular complexity index is 531. The summed E-state index contributed by atoms with van der Waals surface area (Å²) in [5, 5.41) is 6.04. The molecule has 1 N–H and O–H groups in total. The van der Waals surface area contributed by atoms with Gasteiger partial charge in [0.1, 0.15) is 0 Å². The van der Waals surface area contributed by atoms with Gasteiger partial charge < -0.3 is 5.32 Å². The second kappa shape index (κ2) is 6.11. The summed E-state index contributed by atoms with van der Waals surface area (Å²) in [6.07, 6.45) is 1.78. The van der Waals surface area contributed by atoms with Crippen molar-refractivity contribution in [3.05, 3.63) is 38.0 Å². The molecule has 0 saturated carbocycles. The van der Waals surface area contributed by atoms with E-state index in [2.05, 4.69) is 17.2 Å². The van der Waals surface area contributed by atoms with E-state index in [1.165, 1.54) is 4.88 Å². The highest BCUT2D eigenvalue weighted by Crippen LogP contribution is 2.16. The van der Waals surface area contributed by atoms with E-state index in [4.69, 9.17) is 0 Å². The van der Waals surface area contributed by atoms with E-state index in [9.17, 15) is 4.79 Å². The van der Waals surface area contributed by atoms with Crippen molar-refractivity contribution in [2.45, 2.75) is 26.7 Å². The van der Waals surface area contributed by atoms with Crippen molar-refractivity contribution in [2.24, 2.45) is 0 Å². The van der Waals surface area contributed by atoms with Crippen LogP contribution in [0.4, 0.5) is 0 Å². The molecule has 2 rings (SSSR count). The van der Waals surface area contributed by atoms with Gasteiger partial charge in [-0.1, -0.05) is 6.92 Å². The highest BCUT2D eigenvalue weighted by atomic mass is 32.1. The fourth-order valence-electron chi connectivity index (χ4n) is 1.58. The molecule has 0 aliphatic heterocycles. The number of rotatable bonds is 5. The van der Waals surface area contributed by atoms with E-state index in [-0.39, 0.29) is 5.91 Å². The van der Waals surface area contributed by atoms with E-state index >= 15 is 0 Å². The third-order valence-electron chi connectivity index (χ3n) is 2.52. The number of nitrogens with zero attached hydrogens (tertiary/aromatic N) is 1. The quantitative estimate of drug-likeness (QED) is 0.914. The van der Waals surface area contributed by atoms with Crippen LogP contribution in [0.5, 0.6) is 0 Å². The average Bonchev–Trinajstić information content (AvgIpc) is 2.98. The van der Waals surface area contributed by atoms with Gasteiger partial charge in [-0.25, -0.2) is 4.98 Å². The summed E-state index contributed by atoms with van der Waals surface area (Å²) in [6, 6.07) is 3.91. The van der Waals surface area contributed by atoms with E-state index in [0.717, 1.165) is 28.4 Å². The zero-order valence-electron chi connectivity index (χ0n) is 10.5. The fourth-order valence-corrected chi connectivity index (χ4v) is 3.22. The molecule has 2 aromatic heterocycles. The van der Waals surface area contributed by atoms with Gasteiger partial charge in [0.15, 0.2) is 0 Å². The molecule has 5 heteroatoms. The van der Waals surface area contributed by atoms with Crippen LogP contribution in [0.3, 0.4) is 0 Å². The van der Waals surface area contributed by atoms with Gasteiger partial charge in [-0.2, -0.15) is 0 Å². The molecule has 18 heavy (non-hydrogen) atoms. The predicted molar refractivity (Wildman–Crippen MR) is 76.6 cm³/mol. The Hall–Kier alpha value is -1.20. The minimum absolute atomic E-state index is 0.0213. The van der Waals surface area contributed by atoms with Crippen LogP contribution < -0.4 is 5.32 Å². The van der Waals surface area contributed by atoms with Crippen LogP contribution in [0.25, 0.3) is 0 Å². The Balaban J connectivity index is 1.81. The Morgan fingerprint density at radius 3 is 2.89 bits per heavy atom. The van der Waals surface area contributed by atoms with Crippen LogP contribution in [0, 0.1) is 6.92 Å². The number of aryl methyl sites for hydroxylation is 2. The number of carbonyl (C=O) groups is 1. The van der Waals surface area contributed by atoms with E-state index in [0.29, 0.717) is 6.54 Å². The first-order chi connectivity index (χ1) is 8.69. The lowest BCUT2D eigenvalue weighted by Crippen LogP contribution is -2.24. The highest BCUT2D eigenvalue weighted by Gasteiger charge is 2.08. The maximum absolute atomic E-state index is 11.9. The summed E-state index contributed by atoms with van der Waals surface area (Å²) < 4.78 is 0. The van der Waals surface area contributed by atoms with Crippen molar-refractivity contribution >= 4 is 28.6 Å². The Kier molecular flexibility index (Phi) is 4.49. The molecule has 0 fully saturated rings. The van der Waals surface area contributed by atoms with Crippen molar-refractivity contribution in [3.63, 3.8) is 0 Å². The maximum Gasteiger partial charge on any atom is 0.261 e. The third-order valence-corrected chi connectivity index (χ3v) is 4.78. The number of hydrogen-bond acceptors (Lipinski definition) is 4. The molecule has 0 unspecified atom stereocenters. The molecular weight excluding hydrogens is 264 g/mol. The number of aromatic nitrogens is 1. The molecule has 0 spiro atoms. The summed E-state index contributed by atoms with van der Waals surface area (Å²) in [5.41, 5.74) is 1.05. The van der Waals surface area contributed by atoms with Gasteiger partial charge in [-0.3, -0.25) is 4.79 Å². The molecule has 2 heterocycles. The topological polar surface area (TPSA) is 42.0 Å². The van der Waals surface area contributed by atoms with Crippen molar-refractivity contribution < 1.29 is 4.79 Å². The number of amides is 1. The molecule has 96 valence electrons. The summed E-state index contributed by atoms with van der Waals surface area (Å²) in [7, 11) is 0. The Morgan fingerprint density at radius 1 is 1.44 bits per heavy atom. The lowest BCUT2D eigenvalue weighted by atomic mass is 10.3. The number of hydrogen-bond donors (Lipinski definition) is 1. The number of nitrogens with one attached hydrogen (secondary N) is 1. The Labute approximate surface area is 115 Å². The number of carbonyl (C=O) groups excluding carboxylic acids is 1. The zero-order chi connectivity index (χ0) is 13.0. The van der Waals surface area contributed by atoms with Gasteiger partial charge in [0.2, 0.25) is 0 Å². The van der Waals surface area contributed by atoms with Crippen LogP contribution in [-0.2, 0) is 12.8 Å². The van der Waals surface area contributed by atoms with Crippen LogP contribution in [0.2, 0.25) is 0 Å². The van der Waals surface area contributed by atoms with Crippen LogP contribution in [-0.4, -0.2) is 17.4 Å². The van der Waals surface area contributed by atoms with Crippen LogP contribution >= 0.6 is 22.7 Å². The Morgan fingerprint density at radius 2 is 2.28 bits per heavy atom. The third kappa shape index (κ3) is 3.40. The van der Waals surface area contributed by atoms with Gasteiger partial charge >= 0.3 is 0 Å². The minimum Gasteiger partial charge on any atom is -0.351 e. The largest absolute Gasteiger partial charge is 0.351 e. The average molecular weight is 280 g/mol. The molecule has 1 amide bonds. The fraction of sp³-hybridized carbons (Fsp3) is 0.385. The second-order valence-electron chi connectivity index (χ2n) is 4.01. The molecular formula is C13H16N2OS2. The first-order valence-corrected chi connectivity index (χ1v) is 7.66. The van der Waals surface area contributed by atoms with Gasteiger partial charge in [0.05, 0.1) is 9.88 Å². The summed E-state index contributed by atoms with van der Waals surface area (Å²) in [6.45, 7) is 4.72. The monoisotopic (exact) mass is 280 g/mol. The van der Waals surface area contributed by atoms with Crippen molar-refractivity contribution in [3.8, 4) is 0 Å². The van der Waals surface area contributed by atoms with Crippen molar-refractivity contribution in [2.75, 3.05) is 6.54 Å². The van der Waals surface area contributed by atoms with E-state index < -0.39 is 0 Å². The van der Waals surface area contributed by atoms with Gasteiger partial charge in [-0.05, 0) is 25.5 Å². The van der Waals surface area contributed by atoms with Gasteiger partial charge in [-0.15, -0.1) is 22.7 Å². The molecule has 0 radical (unpaired) electrons. The molecule has 2 aromatic rings. The highest BCUT2D eigenvalue weighted by molar-refractivity contribution is 7.14. The van der Waals surface area contributed by atoms with Crippen LogP contribution in [0.15, 0.2) is 17.5 Å². The smallest absolute Gasteiger partial charge is 0.261 e. The summed E-state index contributed by atoms with van der Waals surface area (Å²) >= 11 is 3.21. The first-order valence-electron chi connectivity index (χ1n) is 5.97. The molecule has 0 saturated heterocycles. The normalized spacial score (nSPS) is 10.6. The summed E-state index contributed by atoms with van der Waals surface area (Å²) in [5.74, 6) is 0.0213. The molecule has 3 nitrogen and oxygen atoms in total. The standard InChI is InChI=1S/C13H16N2OS2/c1-3-10-4-5-11(18-10)13(16)14-7-6-12-15-9(2)8-17-12/h4-5,8H,3,6-7H2,1-2H3,(H,14,16). The zero-order valence-corrected chi connectivity index (χ0v) is 12.2. The molecule has 0 aliphatic carbocycles. The minimum atomic E-state index is 0.0213. The van der Waals surface area contributed by atoms with E-state index in [1.54, 1.807) is 22.7 Å². The summed E-state index contributed by atoms with van der Waals surface area (Å²) in [4.78, 5) is 18.3. The van der Waals surface area contributed by atoms with Crippen molar-refractivity contribution in [1.29, 1.82) is 0 Å². The maximum atomic E-state index is 11.9. The second-order valence-corrected chi connectivity index (χ2v) is 6.12. The molecule has 0 bridgehead atoms. The molecule has 0 aliphatic rings.